The summed E-state index contributed by atoms with van der Waals surface area (Å²) in [6.45, 7) is 1.40. The fourth-order valence-electron chi connectivity index (χ4n) is 1.54. The smallest absolute Gasteiger partial charge is 0.387 e. The third-order valence-corrected chi connectivity index (χ3v) is 2.26. The molecule has 17 heavy (non-hydrogen) atoms. The van der Waals surface area contributed by atoms with E-state index in [1.165, 1.54) is 12.1 Å². The van der Waals surface area contributed by atoms with Crippen molar-refractivity contribution in [2.75, 3.05) is 0 Å². The van der Waals surface area contributed by atoms with Gasteiger partial charge in [-0.1, -0.05) is 26.0 Å². The Morgan fingerprint density at radius 1 is 1.18 bits per heavy atom. The molecule has 1 aromatic rings. The van der Waals surface area contributed by atoms with Crippen LogP contribution in [0.1, 0.15) is 31.9 Å². The van der Waals surface area contributed by atoms with Crippen molar-refractivity contribution >= 4 is 12.4 Å². The highest BCUT2D eigenvalue weighted by Crippen LogP contribution is 2.22. The molecule has 0 fully saturated rings. The molecule has 2 nitrogen and oxygen atoms in total. The zero-order valence-electron chi connectivity index (χ0n) is 9.90. The second-order valence-corrected chi connectivity index (χ2v) is 4.18. The van der Waals surface area contributed by atoms with Crippen LogP contribution in [0, 0.1) is 5.92 Å². The summed E-state index contributed by atoms with van der Waals surface area (Å²) in [6, 6.07) is 6.43. The summed E-state index contributed by atoms with van der Waals surface area (Å²) < 4.78 is 28.1. The van der Waals surface area contributed by atoms with Crippen molar-refractivity contribution in [3.63, 3.8) is 0 Å². The molecule has 0 spiro atoms. The Balaban J connectivity index is 0.00000256. The van der Waals surface area contributed by atoms with Gasteiger partial charge in [-0.25, -0.2) is 0 Å². The van der Waals surface area contributed by atoms with Gasteiger partial charge in [-0.2, -0.15) is 8.78 Å². The summed E-state index contributed by atoms with van der Waals surface area (Å²) in [5.74, 6) is 0.669. The normalized spacial score (nSPS) is 12.4. The second kappa shape index (κ2) is 7.45. The fourth-order valence-corrected chi connectivity index (χ4v) is 1.54. The van der Waals surface area contributed by atoms with Crippen molar-refractivity contribution in [3.8, 4) is 5.75 Å². The van der Waals surface area contributed by atoms with E-state index in [4.69, 9.17) is 5.73 Å². The average molecular weight is 266 g/mol. The van der Waals surface area contributed by atoms with Gasteiger partial charge < -0.3 is 10.5 Å². The first-order chi connectivity index (χ1) is 7.49. The van der Waals surface area contributed by atoms with Crippen molar-refractivity contribution < 1.29 is 13.5 Å². The minimum absolute atomic E-state index is 0. The molecule has 0 saturated heterocycles. The minimum Gasteiger partial charge on any atom is -0.435 e. The molecule has 5 heteroatoms. The maximum Gasteiger partial charge on any atom is 0.387 e. The fraction of sp³-hybridized carbons (Fsp3) is 0.500. The van der Waals surface area contributed by atoms with E-state index in [9.17, 15) is 8.78 Å². The maximum absolute atomic E-state index is 11.9. The number of ether oxygens (including phenoxy) is 1. The molecule has 1 rings (SSSR count). The molecule has 0 heterocycles. The van der Waals surface area contributed by atoms with Gasteiger partial charge in [0, 0.05) is 6.04 Å². The molecule has 0 saturated carbocycles. The third kappa shape index (κ3) is 5.84. The molecular weight excluding hydrogens is 248 g/mol. The zero-order chi connectivity index (χ0) is 12.1. The summed E-state index contributed by atoms with van der Waals surface area (Å²) in [7, 11) is 0. The molecule has 1 aromatic carbocycles. The van der Waals surface area contributed by atoms with Crippen molar-refractivity contribution in [3.05, 3.63) is 29.8 Å². The van der Waals surface area contributed by atoms with Crippen LogP contribution in [0.5, 0.6) is 5.75 Å². The summed E-state index contributed by atoms with van der Waals surface area (Å²) in [5, 5.41) is 0. The minimum atomic E-state index is -2.78. The van der Waals surface area contributed by atoms with Gasteiger partial charge in [0.1, 0.15) is 5.75 Å². The van der Waals surface area contributed by atoms with Crippen LogP contribution in [0.15, 0.2) is 24.3 Å². The standard InChI is InChI=1S/C12H17F2NO.ClH/c1-8(2)7-11(15)9-3-5-10(6-4-9)16-12(13)14;/h3-6,8,11-12H,7,15H2,1-2H3;1H/t11-;/m1./s1. The first-order valence-electron chi connectivity index (χ1n) is 5.29. The highest BCUT2D eigenvalue weighted by molar-refractivity contribution is 5.85. The Morgan fingerprint density at radius 3 is 2.12 bits per heavy atom. The van der Waals surface area contributed by atoms with Gasteiger partial charge in [-0.15, -0.1) is 12.4 Å². The van der Waals surface area contributed by atoms with Gasteiger partial charge in [-0.3, -0.25) is 0 Å². The van der Waals surface area contributed by atoms with E-state index in [2.05, 4.69) is 18.6 Å². The van der Waals surface area contributed by atoms with Gasteiger partial charge in [0.25, 0.3) is 0 Å². The van der Waals surface area contributed by atoms with Gasteiger partial charge >= 0.3 is 6.61 Å². The molecule has 0 amide bonds. The van der Waals surface area contributed by atoms with E-state index in [1.807, 2.05) is 0 Å². The Kier molecular flexibility index (Phi) is 7.07. The number of nitrogens with two attached hydrogens (primary N) is 1. The number of hydrogen-bond donors (Lipinski definition) is 1. The van der Waals surface area contributed by atoms with E-state index >= 15 is 0 Å². The number of benzene rings is 1. The molecule has 98 valence electrons. The highest BCUT2D eigenvalue weighted by atomic mass is 35.5. The van der Waals surface area contributed by atoms with Gasteiger partial charge in [0.2, 0.25) is 0 Å². The van der Waals surface area contributed by atoms with Crippen LogP contribution in [0.3, 0.4) is 0 Å². The van der Waals surface area contributed by atoms with Crippen LogP contribution in [0.4, 0.5) is 8.78 Å². The molecule has 2 N–H and O–H groups in total. The second-order valence-electron chi connectivity index (χ2n) is 4.18. The van der Waals surface area contributed by atoms with Crippen LogP contribution >= 0.6 is 12.4 Å². The summed E-state index contributed by atoms with van der Waals surface area (Å²) in [5.41, 5.74) is 6.90. The number of rotatable bonds is 5. The van der Waals surface area contributed by atoms with Crippen LogP contribution in [-0.4, -0.2) is 6.61 Å². The van der Waals surface area contributed by atoms with Crippen LogP contribution < -0.4 is 10.5 Å². The number of hydrogen-bond acceptors (Lipinski definition) is 2. The van der Waals surface area contributed by atoms with Gasteiger partial charge in [0.15, 0.2) is 0 Å². The van der Waals surface area contributed by atoms with Crippen molar-refractivity contribution in [1.29, 1.82) is 0 Å². The molecule has 0 unspecified atom stereocenters. The SMILES string of the molecule is CC(C)C[C@@H](N)c1ccc(OC(F)F)cc1.Cl. The lowest BCUT2D eigenvalue weighted by Gasteiger charge is -2.14. The molecule has 1 atom stereocenters. The first-order valence-corrected chi connectivity index (χ1v) is 5.29. The van der Waals surface area contributed by atoms with Crippen molar-refractivity contribution in [2.45, 2.75) is 32.9 Å². The lowest BCUT2D eigenvalue weighted by atomic mass is 9.98. The average Bonchev–Trinajstić information content (AvgIpc) is 2.16. The Morgan fingerprint density at radius 2 is 1.71 bits per heavy atom. The lowest BCUT2D eigenvalue weighted by molar-refractivity contribution is -0.0498. The van der Waals surface area contributed by atoms with Crippen LogP contribution in [0.25, 0.3) is 0 Å². The quantitative estimate of drug-likeness (QED) is 0.880. The third-order valence-electron chi connectivity index (χ3n) is 2.26. The van der Waals surface area contributed by atoms with Crippen molar-refractivity contribution in [1.82, 2.24) is 0 Å². The van der Waals surface area contributed by atoms with Gasteiger partial charge in [0.05, 0.1) is 0 Å². The summed E-state index contributed by atoms with van der Waals surface area (Å²) in [6.07, 6.45) is 0.870. The largest absolute Gasteiger partial charge is 0.435 e. The Bertz CT molecular complexity index is 317. The molecule has 0 aromatic heterocycles. The molecule has 0 aliphatic rings. The number of alkyl halides is 2. The van der Waals surface area contributed by atoms with Crippen LogP contribution in [-0.2, 0) is 0 Å². The predicted molar refractivity (Wildman–Crippen MR) is 66.7 cm³/mol. The molecule has 0 aliphatic heterocycles. The van der Waals surface area contributed by atoms with E-state index in [0.717, 1.165) is 12.0 Å². The molecule has 0 bridgehead atoms. The highest BCUT2D eigenvalue weighted by Gasteiger charge is 2.09. The lowest BCUT2D eigenvalue weighted by Crippen LogP contribution is -2.12. The van der Waals surface area contributed by atoms with E-state index in [0.29, 0.717) is 5.92 Å². The Hall–Kier alpha value is -0.870. The predicted octanol–water partition coefficient (Wildman–Crippen LogP) is 3.76. The van der Waals surface area contributed by atoms with E-state index in [1.54, 1.807) is 12.1 Å². The number of halogens is 3. The molecule has 0 aliphatic carbocycles. The topological polar surface area (TPSA) is 35.2 Å². The maximum atomic E-state index is 11.9. The van der Waals surface area contributed by atoms with Crippen LogP contribution in [0.2, 0.25) is 0 Å². The summed E-state index contributed by atoms with van der Waals surface area (Å²) >= 11 is 0. The first kappa shape index (κ1) is 16.1. The van der Waals surface area contributed by atoms with E-state index < -0.39 is 6.61 Å². The zero-order valence-corrected chi connectivity index (χ0v) is 10.7. The Labute approximate surface area is 107 Å². The monoisotopic (exact) mass is 265 g/mol. The molecular formula is C12H18ClF2NO. The van der Waals surface area contributed by atoms with Gasteiger partial charge in [-0.05, 0) is 30.0 Å². The van der Waals surface area contributed by atoms with E-state index in [-0.39, 0.29) is 24.2 Å². The summed E-state index contributed by atoms with van der Waals surface area (Å²) in [4.78, 5) is 0. The van der Waals surface area contributed by atoms with Crippen molar-refractivity contribution in [2.24, 2.45) is 11.7 Å². The molecule has 0 radical (unpaired) electrons.